The number of carboxylic acids is 1. The second-order valence-corrected chi connectivity index (χ2v) is 8.72. The highest BCUT2D eigenvalue weighted by Gasteiger charge is 2.26. The minimum Gasteiger partial charge on any atom is -0.508 e. The fraction of sp³-hybridized carbons (Fsp3) is 0.200. The maximum absolute atomic E-state index is 12.9. The molecule has 0 unspecified atom stereocenters. The van der Waals surface area contributed by atoms with Crippen molar-refractivity contribution in [2.24, 2.45) is 5.92 Å². The van der Waals surface area contributed by atoms with E-state index >= 15 is 0 Å². The number of aliphatic carboxylic acids is 1. The molecule has 0 spiro atoms. The van der Waals surface area contributed by atoms with Gasteiger partial charge in [0.25, 0.3) is 0 Å². The monoisotopic (exact) mass is 545 g/mol. The molecule has 0 bridgehead atoms. The number of hydrogen-bond acceptors (Lipinski definition) is 4. The average molecular weight is 545 g/mol. The van der Waals surface area contributed by atoms with Crippen LogP contribution in [0, 0.1) is 9.49 Å². The maximum Gasteiger partial charge on any atom is 0.412 e. The molecule has 0 aliphatic rings. The Morgan fingerprint density at radius 2 is 1.88 bits per heavy atom. The molecule has 1 amide bonds. The Hall–Kier alpha value is -3.07. The number of ether oxygens (including phenoxy) is 1. The molecule has 0 saturated carbocycles. The topological polar surface area (TPSA) is 95.9 Å². The Balaban J connectivity index is 1.81. The molecular formula is C25H24INO5. The molecule has 0 aromatic heterocycles. The molecule has 3 rings (SSSR count). The number of phenolic OH excluding ortho intramolecular Hbond substituents is 1. The third-order valence-corrected chi connectivity index (χ3v) is 5.79. The van der Waals surface area contributed by atoms with Gasteiger partial charge in [-0.25, -0.2) is 9.59 Å². The molecule has 2 atom stereocenters. The summed E-state index contributed by atoms with van der Waals surface area (Å²) < 4.78 is 6.71. The lowest BCUT2D eigenvalue weighted by atomic mass is 9.92. The average Bonchev–Trinajstić information content (AvgIpc) is 2.77. The van der Waals surface area contributed by atoms with Gasteiger partial charge in [-0.1, -0.05) is 49.4 Å². The van der Waals surface area contributed by atoms with Crippen LogP contribution in [0.2, 0.25) is 0 Å². The Morgan fingerprint density at radius 3 is 2.66 bits per heavy atom. The Labute approximate surface area is 200 Å². The van der Waals surface area contributed by atoms with Gasteiger partial charge in [0.2, 0.25) is 0 Å². The van der Waals surface area contributed by atoms with E-state index in [9.17, 15) is 14.7 Å². The first-order valence-electron chi connectivity index (χ1n) is 10.2. The molecule has 6 nitrogen and oxygen atoms in total. The van der Waals surface area contributed by atoms with E-state index in [2.05, 4.69) is 27.9 Å². The lowest BCUT2D eigenvalue weighted by molar-refractivity contribution is -0.131. The predicted molar refractivity (Wildman–Crippen MR) is 133 cm³/mol. The Bertz CT molecular complexity index is 1140. The van der Waals surface area contributed by atoms with Crippen molar-refractivity contribution in [1.29, 1.82) is 0 Å². The van der Waals surface area contributed by atoms with Gasteiger partial charge in [0.15, 0.2) is 0 Å². The molecule has 0 fully saturated rings. The summed E-state index contributed by atoms with van der Waals surface area (Å²) in [5.74, 6) is -1.13. The van der Waals surface area contributed by atoms with E-state index in [1.54, 1.807) is 24.3 Å². The second-order valence-electron chi connectivity index (χ2n) is 7.48. The molecular weight excluding hydrogens is 521 g/mol. The van der Waals surface area contributed by atoms with Crippen LogP contribution in [0.15, 0.2) is 72.8 Å². The van der Waals surface area contributed by atoms with Crippen molar-refractivity contribution in [2.45, 2.75) is 25.9 Å². The Morgan fingerprint density at radius 1 is 1.12 bits per heavy atom. The number of fused-ring (bicyclic) bond motifs is 1. The lowest BCUT2D eigenvalue weighted by Crippen LogP contribution is -2.22. The van der Waals surface area contributed by atoms with Gasteiger partial charge < -0.3 is 14.9 Å². The largest absolute Gasteiger partial charge is 0.508 e. The molecule has 0 heterocycles. The molecule has 32 heavy (non-hydrogen) atoms. The van der Waals surface area contributed by atoms with E-state index in [-0.39, 0.29) is 11.7 Å². The van der Waals surface area contributed by atoms with Gasteiger partial charge in [-0.2, -0.15) is 0 Å². The lowest BCUT2D eigenvalue weighted by Gasteiger charge is -2.25. The summed E-state index contributed by atoms with van der Waals surface area (Å²) in [7, 11) is 0. The zero-order valence-corrected chi connectivity index (χ0v) is 19.7. The number of rotatable bonds is 8. The van der Waals surface area contributed by atoms with Crippen molar-refractivity contribution in [3.8, 4) is 5.75 Å². The maximum atomic E-state index is 12.9. The highest BCUT2D eigenvalue weighted by molar-refractivity contribution is 14.1. The summed E-state index contributed by atoms with van der Waals surface area (Å²) in [6.45, 7) is 1.91. The molecule has 0 aliphatic heterocycles. The van der Waals surface area contributed by atoms with Crippen LogP contribution in [0.1, 0.15) is 31.4 Å². The predicted octanol–water partition coefficient (Wildman–Crippen LogP) is 6.50. The fourth-order valence-electron chi connectivity index (χ4n) is 3.52. The summed E-state index contributed by atoms with van der Waals surface area (Å²) in [6.07, 6.45) is 2.40. The van der Waals surface area contributed by atoms with Crippen LogP contribution in [-0.2, 0) is 9.53 Å². The first-order chi connectivity index (χ1) is 15.3. The molecule has 3 aromatic carbocycles. The van der Waals surface area contributed by atoms with E-state index < -0.39 is 18.2 Å². The van der Waals surface area contributed by atoms with Crippen LogP contribution >= 0.6 is 22.6 Å². The molecule has 0 radical (unpaired) electrons. The number of hydrogen-bond donors (Lipinski definition) is 3. The third-order valence-electron chi connectivity index (χ3n) is 5.12. The van der Waals surface area contributed by atoms with Crippen molar-refractivity contribution in [3.63, 3.8) is 0 Å². The molecule has 0 aliphatic carbocycles. The van der Waals surface area contributed by atoms with E-state index in [0.717, 1.165) is 20.4 Å². The molecule has 3 aromatic rings. The van der Waals surface area contributed by atoms with Crippen LogP contribution in [0.25, 0.3) is 10.8 Å². The van der Waals surface area contributed by atoms with Gasteiger partial charge in [0.05, 0.1) is 5.69 Å². The summed E-state index contributed by atoms with van der Waals surface area (Å²) in [4.78, 5) is 23.5. The number of aromatic hydroxyl groups is 1. The number of nitrogens with one attached hydrogen (secondary N) is 1. The number of halogens is 1. The van der Waals surface area contributed by atoms with Crippen LogP contribution in [0.4, 0.5) is 10.5 Å². The van der Waals surface area contributed by atoms with E-state index in [1.807, 2.05) is 49.4 Å². The molecule has 166 valence electrons. The number of anilines is 1. The quantitative estimate of drug-likeness (QED) is 0.222. The SMILES string of the molecule is C[C@@H](CC/C=C/C(=O)O)[C@@H](OC(=O)Nc1cccc2ccccc12)c1cc(I)ccc1O. The number of benzene rings is 3. The summed E-state index contributed by atoms with van der Waals surface area (Å²) >= 11 is 2.14. The minimum absolute atomic E-state index is 0.0429. The number of phenols is 1. The summed E-state index contributed by atoms with van der Waals surface area (Å²) in [6, 6.07) is 18.5. The molecule has 7 heteroatoms. The van der Waals surface area contributed by atoms with Gasteiger partial charge in [0.1, 0.15) is 11.9 Å². The van der Waals surface area contributed by atoms with Crippen molar-refractivity contribution < 1.29 is 24.5 Å². The fourth-order valence-corrected chi connectivity index (χ4v) is 4.04. The van der Waals surface area contributed by atoms with E-state index in [0.29, 0.717) is 24.1 Å². The number of carboxylic acid groups (broad SMARTS) is 1. The molecule has 3 N–H and O–H groups in total. The Kier molecular flexibility index (Phi) is 8.10. The highest BCUT2D eigenvalue weighted by atomic mass is 127. The smallest absolute Gasteiger partial charge is 0.412 e. The van der Waals surface area contributed by atoms with Crippen molar-refractivity contribution in [1.82, 2.24) is 0 Å². The van der Waals surface area contributed by atoms with Crippen LogP contribution in [0.5, 0.6) is 5.75 Å². The van der Waals surface area contributed by atoms with Crippen molar-refractivity contribution >= 4 is 51.1 Å². The van der Waals surface area contributed by atoms with Crippen molar-refractivity contribution in [2.75, 3.05) is 5.32 Å². The number of carbonyl (C=O) groups excluding carboxylic acids is 1. The third kappa shape index (κ3) is 6.23. The van der Waals surface area contributed by atoms with Gasteiger partial charge in [-0.15, -0.1) is 0 Å². The van der Waals surface area contributed by atoms with E-state index in [1.165, 1.54) is 0 Å². The van der Waals surface area contributed by atoms with Crippen LogP contribution in [0.3, 0.4) is 0 Å². The first kappa shape index (κ1) is 23.6. The van der Waals surface area contributed by atoms with Gasteiger partial charge >= 0.3 is 12.1 Å². The summed E-state index contributed by atoms with van der Waals surface area (Å²) in [5, 5.41) is 23.9. The highest BCUT2D eigenvalue weighted by Crippen LogP contribution is 2.36. The zero-order valence-electron chi connectivity index (χ0n) is 17.5. The standard InChI is InChI=1S/C25H24INO5/c1-16(7-2-5-12-23(29)30)24(20-15-18(26)13-14-22(20)28)32-25(31)27-21-11-6-9-17-8-3-4-10-19(17)21/h3-6,8-16,24,28H,2,7H2,1H3,(H,27,31)(H,29,30)/b12-5+/t16-,24+/m0/s1. The molecule has 0 saturated heterocycles. The number of carbonyl (C=O) groups is 2. The van der Waals surface area contributed by atoms with Gasteiger partial charge in [0, 0.05) is 20.6 Å². The minimum atomic E-state index is -1.00. The van der Waals surface area contributed by atoms with E-state index in [4.69, 9.17) is 9.84 Å². The number of allylic oxidation sites excluding steroid dienone is 1. The van der Waals surface area contributed by atoms with Gasteiger partial charge in [-0.05, 0) is 71.0 Å². The van der Waals surface area contributed by atoms with Crippen LogP contribution in [-0.4, -0.2) is 22.3 Å². The second kappa shape index (κ2) is 11.0. The van der Waals surface area contributed by atoms with Crippen molar-refractivity contribution in [3.05, 3.63) is 81.9 Å². The summed E-state index contributed by atoms with van der Waals surface area (Å²) in [5.41, 5.74) is 1.15. The first-order valence-corrected chi connectivity index (χ1v) is 11.3. The van der Waals surface area contributed by atoms with Crippen LogP contribution < -0.4 is 5.32 Å². The normalized spacial score (nSPS) is 13.1. The number of amides is 1. The zero-order chi connectivity index (χ0) is 23.1. The van der Waals surface area contributed by atoms with Gasteiger partial charge in [-0.3, -0.25) is 5.32 Å².